The zero-order valence-electron chi connectivity index (χ0n) is 12.2. The highest BCUT2D eigenvalue weighted by Crippen LogP contribution is 2.28. The van der Waals surface area contributed by atoms with Gasteiger partial charge in [-0.15, -0.1) is 4.91 Å². The van der Waals surface area contributed by atoms with Crippen molar-refractivity contribution in [3.63, 3.8) is 0 Å². The van der Waals surface area contributed by atoms with Gasteiger partial charge in [0.25, 0.3) is 0 Å². The molecule has 0 radical (unpaired) electrons. The second kappa shape index (κ2) is 8.30. The summed E-state index contributed by atoms with van der Waals surface area (Å²) in [6, 6.07) is 4.86. The maximum Gasteiger partial charge on any atom is 0.310 e. The number of benzene rings is 1. The van der Waals surface area contributed by atoms with Crippen LogP contribution in [0.4, 0.5) is 5.69 Å². The first-order valence-electron chi connectivity index (χ1n) is 6.84. The van der Waals surface area contributed by atoms with Gasteiger partial charge in [0.15, 0.2) is 0 Å². The minimum absolute atomic E-state index is 0.0229. The highest BCUT2D eigenvalue weighted by Gasteiger charge is 2.13. The van der Waals surface area contributed by atoms with E-state index in [1.807, 2.05) is 6.92 Å². The van der Waals surface area contributed by atoms with E-state index in [1.165, 1.54) is 13.2 Å². The Hall–Kier alpha value is -1.91. The Kier molecular flexibility index (Phi) is 6.70. The van der Waals surface area contributed by atoms with E-state index in [2.05, 4.69) is 12.1 Å². The van der Waals surface area contributed by atoms with Gasteiger partial charge in [0.2, 0.25) is 0 Å². The molecule has 1 aromatic carbocycles. The highest BCUT2D eigenvalue weighted by atomic mass is 16.5. The van der Waals surface area contributed by atoms with Gasteiger partial charge in [-0.25, -0.2) is 0 Å². The van der Waals surface area contributed by atoms with Crippen LogP contribution in [0.25, 0.3) is 0 Å². The zero-order chi connectivity index (χ0) is 15.0. The van der Waals surface area contributed by atoms with Crippen LogP contribution in [0.3, 0.4) is 0 Å². The Morgan fingerprint density at radius 3 is 2.65 bits per heavy atom. The van der Waals surface area contributed by atoms with Crippen LogP contribution in [-0.4, -0.2) is 19.2 Å². The largest absolute Gasteiger partial charge is 0.494 e. The molecule has 0 saturated heterocycles. The summed E-state index contributed by atoms with van der Waals surface area (Å²) in [7, 11) is 1.46. The first-order chi connectivity index (χ1) is 9.64. The normalized spacial score (nSPS) is 11.8. The van der Waals surface area contributed by atoms with Crippen molar-refractivity contribution in [1.29, 1.82) is 0 Å². The molecule has 0 N–H and O–H groups in total. The van der Waals surface area contributed by atoms with E-state index in [0.717, 1.165) is 24.8 Å². The molecule has 5 nitrogen and oxygen atoms in total. The van der Waals surface area contributed by atoms with E-state index in [4.69, 9.17) is 9.47 Å². The highest BCUT2D eigenvalue weighted by molar-refractivity contribution is 5.73. The van der Waals surface area contributed by atoms with E-state index >= 15 is 0 Å². The first-order valence-corrected chi connectivity index (χ1v) is 6.84. The molecule has 0 aliphatic heterocycles. The maximum atomic E-state index is 11.9. The summed E-state index contributed by atoms with van der Waals surface area (Å²) >= 11 is 0. The van der Waals surface area contributed by atoms with Crippen molar-refractivity contribution in [3.8, 4) is 5.75 Å². The molecule has 1 rings (SSSR count). The molecule has 0 heterocycles. The molecule has 0 aromatic heterocycles. The minimum atomic E-state index is -0.265. The number of esters is 1. The lowest BCUT2D eigenvalue weighted by Crippen LogP contribution is -2.18. The number of hydrogen-bond acceptors (Lipinski definition) is 5. The SMILES string of the molecule is CCCC(CC)OC(=O)Cc1ccc(N=O)c(OC)c1. The molecular weight excluding hydrogens is 258 g/mol. The molecule has 5 heteroatoms. The van der Waals surface area contributed by atoms with Crippen LogP contribution in [0.1, 0.15) is 38.7 Å². The van der Waals surface area contributed by atoms with Gasteiger partial charge in [-0.3, -0.25) is 4.79 Å². The van der Waals surface area contributed by atoms with Gasteiger partial charge in [-0.1, -0.05) is 26.3 Å². The summed E-state index contributed by atoms with van der Waals surface area (Å²) in [6.45, 7) is 4.06. The zero-order valence-corrected chi connectivity index (χ0v) is 12.2. The third-order valence-corrected chi connectivity index (χ3v) is 3.06. The van der Waals surface area contributed by atoms with Crippen molar-refractivity contribution in [1.82, 2.24) is 0 Å². The summed E-state index contributed by atoms with van der Waals surface area (Å²) in [5, 5.41) is 2.86. The van der Waals surface area contributed by atoms with Gasteiger partial charge < -0.3 is 9.47 Å². The van der Waals surface area contributed by atoms with E-state index < -0.39 is 0 Å². The molecule has 0 bridgehead atoms. The Labute approximate surface area is 119 Å². The molecule has 0 aliphatic rings. The second-order valence-corrected chi connectivity index (χ2v) is 4.58. The summed E-state index contributed by atoms with van der Waals surface area (Å²) in [5.41, 5.74) is 0.965. The van der Waals surface area contributed by atoms with Crippen molar-refractivity contribution >= 4 is 11.7 Å². The Balaban J connectivity index is 2.68. The third kappa shape index (κ3) is 4.64. The number of nitroso groups, excluding NO2 is 1. The van der Waals surface area contributed by atoms with Gasteiger partial charge in [0.1, 0.15) is 17.5 Å². The molecule has 0 aliphatic carbocycles. The summed E-state index contributed by atoms with van der Waals surface area (Å²) in [5.74, 6) is 0.102. The van der Waals surface area contributed by atoms with E-state index in [9.17, 15) is 9.70 Å². The standard InChI is InChI=1S/C15H21NO4/c1-4-6-12(5-2)20-15(17)10-11-7-8-13(16-18)14(9-11)19-3/h7-9,12H,4-6,10H2,1-3H3. The number of nitrogens with zero attached hydrogens (tertiary/aromatic N) is 1. The lowest BCUT2D eigenvalue weighted by Gasteiger charge is -2.15. The Morgan fingerprint density at radius 1 is 1.35 bits per heavy atom. The number of hydrogen-bond donors (Lipinski definition) is 0. The number of ether oxygens (including phenoxy) is 2. The first kappa shape index (κ1) is 16.1. The molecule has 0 amide bonds. The summed E-state index contributed by atoms with van der Waals surface area (Å²) in [4.78, 5) is 22.4. The molecule has 0 fully saturated rings. The Bertz CT molecular complexity index is 459. The van der Waals surface area contributed by atoms with Crippen LogP contribution in [0.5, 0.6) is 5.75 Å². The van der Waals surface area contributed by atoms with E-state index in [0.29, 0.717) is 5.75 Å². The summed E-state index contributed by atoms with van der Waals surface area (Å²) < 4.78 is 10.5. The van der Waals surface area contributed by atoms with Crippen molar-refractivity contribution in [3.05, 3.63) is 28.7 Å². The van der Waals surface area contributed by atoms with Crippen LogP contribution in [0, 0.1) is 4.91 Å². The topological polar surface area (TPSA) is 65.0 Å². The third-order valence-electron chi connectivity index (χ3n) is 3.06. The van der Waals surface area contributed by atoms with Crippen LogP contribution in [0.15, 0.2) is 23.4 Å². The quantitative estimate of drug-likeness (QED) is 0.537. The van der Waals surface area contributed by atoms with E-state index in [-0.39, 0.29) is 24.2 Å². The summed E-state index contributed by atoms with van der Waals surface area (Å²) in [6.07, 6.45) is 2.82. The fourth-order valence-electron chi connectivity index (χ4n) is 1.97. The van der Waals surface area contributed by atoms with Crippen LogP contribution >= 0.6 is 0 Å². The average molecular weight is 279 g/mol. The number of methoxy groups -OCH3 is 1. The molecular formula is C15H21NO4. The van der Waals surface area contributed by atoms with Crippen LogP contribution in [0.2, 0.25) is 0 Å². The molecule has 0 saturated carbocycles. The minimum Gasteiger partial charge on any atom is -0.494 e. The molecule has 20 heavy (non-hydrogen) atoms. The average Bonchev–Trinajstić information content (AvgIpc) is 2.46. The van der Waals surface area contributed by atoms with Crippen molar-refractivity contribution in [2.24, 2.45) is 5.18 Å². The second-order valence-electron chi connectivity index (χ2n) is 4.58. The van der Waals surface area contributed by atoms with Crippen molar-refractivity contribution < 1.29 is 14.3 Å². The number of carbonyl (C=O) groups is 1. The fourth-order valence-corrected chi connectivity index (χ4v) is 1.97. The lowest BCUT2D eigenvalue weighted by atomic mass is 10.1. The van der Waals surface area contributed by atoms with Gasteiger partial charge in [-0.2, -0.15) is 0 Å². The monoisotopic (exact) mass is 279 g/mol. The Morgan fingerprint density at radius 2 is 2.10 bits per heavy atom. The fraction of sp³-hybridized carbons (Fsp3) is 0.533. The van der Waals surface area contributed by atoms with Crippen molar-refractivity contribution in [2.45, 2.75) is 45.6 Å². The molecule has 1 unspecified atom stereocenters. The number of carbonyl (C=O) groups excluding carboxylic acids is 1. The smallest absolute Gasteiger partial charge is 0.310 e. The van der Waals surface area contributed by atoms with Gasteiger partial charge >= 0.3 is 5.97 Å². The predicted molar refractivity (Wildman–Crippen MR) is 77.2 cm³/mol. The molecule has 1 atom stereocenters. The molecule has 0 spiro atoms. The number of rotatable bonds is 8. The van der Waals surface area contributed by atoms with Gasteiger partial charge in [0, 0.05) is 0 Å². The van der Waals surface area contributed by atoms with E-state index in [1.54, 1.807) is 12.1 Å². The molecule has 1 aromatic rings. The lowest BCUT2D eigenvalue weighted by molar-refractivity contribution is -0.148. The van der Waals surface area contributed by atoms with Gasteiger partial charge in [-0.05, 0) is 35.7 Å². The van der Waals surface area contributed by atoms with Crippen LogP contribution in [-0.2, 0) is 16.0 Å². The molecule has 110 valence electrons. The van der Waals surface area contributed by atoms with Crippen molar-refractivity contribution in [2.75, 3.05) is 7.11 Å². The van der Waals surface area contributed by atoms with Gasteiger partial charge in [0.05, 0.1) is 13.5 Å². The predicted octanol–water partition coefficient (Wildman–Crippen LogP) is 3.76. The van der Waals surface area contributed by atoms with Crippen LogP contribution < -0.4 is 4.74 Å². The maximum absolute atomic E-state index is 11.9.